The molecule has 0 bridgehead atoms. The molecule has 0 aliphatic carbocycles. The van der Waals surface area contributed by atoms with Gasteiger partial charge in [-0.1, -0.05) is 18.2 Å². The maximum atomic E-state index is 12.8. The summed E-state index contributed by atoms with van der Waals surface area (Å²) in [5, 5.41) is 4.14. The summed E-state index contributed by atoms with van der Waals surface area (Å²) in [5.74, 6) is 2.33. The van der Waals surface area contributed by atoms with Crippen molar-refractivity contribution in [3.8, 4) is 0 Å². The number of alkyl halides is 3. The molecular formula is C23H25F3N4O2S2. The Labute approximate surface area is 201 Å². The predicted octanol–water partition coefficient (Wildman–Crippen LogP) is 4.19. The van der Waals surface area contributed by atoms with Gasteiger partial charge in [0.05, 0.1) is 27.4 Å². The zero-order valence-electron chi connectivity index (χ0n) is 18.3. The first-order chi connectivity index (χ1) is 16.2. The van der Waals surface area contributed by atoms with Gasteiger partial charge in [0, 0.05) is 49.6 Å². The summed E-state index contributed by atoms with van der Waals surface area (Å²) in [7, 11) is -4.09. The highest BCUT2D eigenvalue weighted by molar-refractivity contribution is 7.99. The van der Waals surface area contributed by atoms with E-state index in [1.165, 1.54) is 0 Å². The van der Waals surface area contributed by atoms with Crippen LogP contribution in [0.15, 0.2) is 59.5 Å². The fourth-order valence-electron chi connectivity index (χ4n) is 3.67. The minimum absolute atomic E-state index is 0.258. The van der Waals surface area contributed by atoms with Crippen LogP contribution in [0.4, 0.5) is 18.9 Å². The average Bonchev–Trinajstić information content (AvgIpc) is 2.82. The first-order valence-electron chi connectivity index (χ1n) is 10.8. The van der Waals surface area contributed by atoms with Crippen LogP contribution in [0.5, 0.6) is 0 Å². The van der Waals surface area contributed by atoms with Crippen LogP contribution in [0, 0.1) is 0 Å². The molecule has 2 aromatic carbocycles. The molecule has 1 aliphatic rings. The van der Waals surface area contributed by atoms with Gasteiger partial charge in [0.25, 0.3) is 10.0 Å². The fourth-order valence-corrected chi connectivity index (χ4v) is 5.72. The third-order valence-corrected chi connectivity index (χ3v) is 7.85. The number of sulfonamides is 1. The van der Waals surface area contributed by atoms with Gasteiger partial charge >= 0.3 is 6.18 Å². The Bertz CT molecular complexity index is 1230. The summed E-state index contributed by atoms with van der Waals surface area (Å²) in [4.78, 5) is 6.79. The number of rotatable bonds is 8. The Hall–Kier alpha value is -2.34. The first-order valence-corrected chi connectivity index (χ1v) is 13.5. The Morgan fingerprint density at radius 1 is 1.00 bits per heavy atom. The van der Waals surface area contributed by atoms with Crippen LogP contribution in [0.3, 0.4) is 0 Å². The maximum Gasteiger partial charge on any atom is 0.416 e. The van der Waals surface area contributed by atoms with Crippen molar-refractivity contribution in [2.24, 2.45) is 0 Å². The van der Waals surface area contributed by atoms with Crippen molar-refractivity contribution >= 4 is 38.4 Å². The minimum atomic E-state index is -4.54. The number of fused-ring (bicyclic) bond motifs is 1. The second-order valence-corrected chi connectivity index (χ2v) is 10.8. The standard InChI is InChI=1S/C23H25F3N4O2S2/c24-23(25,26)18-5-8-20(9-6-18)34(31,32)29-21-3-1-2-17-4-7-19(28-22(17)21)16-27-10-11-30-12-14-33-15-13-30/h1-9,27,29H,10-16H2. The number of anilines is 1. The van der Waals surface area contributed by atoms with Crippen molar-refractivity contribution in [3.63, 3.8) is 0 Å². The van der Waals surface area contributed by atoms with E-state index in [2.05, 4.69) is 19.9 Å². The van der Waals surface area contributed by atoms with E-state index in [0.29, 0.717) is 12.1 Å². The summed E-state index contributed by atoms with van der Waals surface area (Å²) in [6.07, 6.45) is -4.54. The van der Waals surface area contributed by atoms with E-state index in [0.717, 1.165) is 73.0 Å². The van der Waals surface area contributed by atoms with Gasteiger partial charge in [0.1, 0.15) is 0 Å². The Balaban J connectivity index is 1.46. The van der Waals surface area contributed by atoms with Crippen molar-refractivity contribution < 1.29 is 21.6 Å². The molecule has 4 rings (SSSR count). The van der Waals surface area contributed by atoms with Crippen molar-refractivity contribution in [2.45, 2.75) is 17.6 Å². The SMILES string of the molecule is O=S(=O)(Nc1cccc2ccc(CNCCN3CCSCC3)nc12)c1ccc(C(F)(F)F)cc1. The van der Waals surface area contributed by atoms with Crippen molar-refractivity contribution in [1.82, 2.24) is 15.2 Å². The number of pyridine rings is 1. The number of nitrogens with one attached hydrogen (secondary N) is 2. The van der Waals surface area contributed by atoms with Crippen molar-refractivity contribution in [2.75, 3.05) is 42.4 Å². The van der Waals surface area contributed by atoms with Crippen LogP contribution in [-0.4, -0.2) is 56.0 Å². The lowest BCUT2D eigenvalue weighted by atomic mass is 10.2. The molecular weight excluding hydrogens is 485 g/mol. The van der Waals surface area contributed by atoms with Gasteiger partial charge in [-0.15, -0.1) is 0 Å². The summed E-state index contributed by atoms with van der Waals surface area (Å²) >= 11 is 1.98. The van der Waals surface area contributed by atoms with E-state index in [9.17, 15) is 21.6 Å². The molecule has 0 saturated carbocycles. The summed E-state index contributed by atoms with van der Waals surface area (Å²) in [5.41, 5.74) is 0.605. The molecule has 1 fully saturated rings. The number of thioether (sulfide) groups is 1. The molecule has 11 heteroatoms. The molecule has 1 aromatic heterocycles. The minimum Gasteiger partial charge on any atom is -0.310 e. The smallest absolute Gasteiger partial charge is 0.310 e. The maximum absolute atomic E-state index is 12.8. The molecule has 1 aliphatic heterocycles. The molecule has 1 saturated heterocycles. The topological polar surface area (TPSA) is 74.3 Å². The number of aromatic nitrogens is 1. The van der Waals surface area contributed by atoms with Crippen molar-refractivity contribution in [3.05, 3.63) is 65.9 Å². The van der Waals surface area contributed by atoms with Crippen LogP contribution in [-0.2, 0) is 22.7 Å². The highest BCUT2D eigenvalue weighted by Crippen LogP contribution is 2.30. The monoisotopic (exact) mass is 510 g/mol. The summed E-state index contributed by atoms with van der Waals surface area (Å²) in [6, 6.07) is 12.3. The van der Waals surface area contributed by atoms with Gasteiger partial charge in [-0.25, -0.2) is 13.4 Å². The quantitative estimate of drug-likeness (QED) is 0.443. The number of halogens is 3. The van der Waals surface area contributed by atoms with Gasteiger partial charge in [-0.3, -0.25) is 4.72 Å². The van der Waals surface area contributed by atoms with Gasteiger partial charge in [-0.2, -0.15) is 24.9 Å². The first kappa shape index (κ1) is 24.8. The number of hydrogen-bond donors (Lipinski definition) is 2. The second kappa shape index (κ2) is 10.5. The lowest BCUT2D eigenvalue weighted by Crippen LogP contribution is -2.37. The zero-order valence-corrected chi connectivity index (χ0v) is 19.9. The average molecular weight is 511 g/mol. The molecule has 6 nitrogen and oxygen atoms in total. The van der Waals surface area contributed by atoms with Gasteiger partial charge in [-0.05, 0) is 36.4 Å². The van der Waals surface area contributed by atoms with E-state index in [1.807, 2.05) is 30.0 Å². The third kappa shape index (κ3) is 6.21. The molecule has 182 valence electrons. The predicted molar refractivity (Wildman–Crippen MR) is 129 cm³/mol. The second-order valence-electron chi connectivity index (χ2n) is 7.94. The summed E-state index contributed by atoms with van der Waals surface area (Å²) < 4.78 is 66.5. The zero-order chi connectivity index (χ0) is 24.2. The highest BCUT2D eigenvalue weighted by atomic mass is 32.2. The normalized spacial score (nSPS) is 15.5. The lowest BCUT2D eigenvalue weighted by molar-refractivity contribution is -0.137. The summed E-state index contributed by atoms with van der Waals surface area (Å²) in [6.45, 7) is 4.53. The Morgan fingerprint density at radius 3 is 2.44 bits per heavy atom. The van der Waals surface area contributed by atoms with Crippen LogP contribution in [0.25, 0.3) is 10.9 Å². The highest BCUT2D eigenvalue weighted by Gasteiger charge is 2.30. The van der Waals surface area contributed by atoms with Gasteiger partial charge in [0.2, 0.25) is 0 Å². The molecule has 3 aromatic rings. The number of nitrogens with zero attached hydrogens (tertiary/aromatic N) is 2. The van der Waals surface area contributed by atoms with E-state index in [-0.39, 0.29) is 10.6 Å². The molecule has 2 N–H and O–H groups in total. The number of hydrogen-bond acceptors (Lipinski definition) is 6. The van der Waals surface area contributed by atoms with Gasteiger partial charge < -0.3 is 10.2 Å². The van der Waals surface area contributed by atoms with Crippen molar-refractivity contribution in [1.29, 1.82) is 0 Å². The van der Waals surface area contributed by atoms with Gasteiger partial charge in [0.15, 0.2) is 0 Å². The van der Waals surface area contributed by atoms with E-state index in [4.69, 9.17) is 0 Å². The van der Waals surface area contributed by atoms with E-state index >= 15 is 0 Å². The lowest BCUT2D eigenvalue weighted by Gasteiger charge is -2.26. The number of para-hydroxylation sites is 1. The van der Waals surface area contributed by atoms with E-state index in [1.54, 1.807) is 12.1 Å². The molecule has 2 heterocycles. The molecule has 0 amide bonds. The van der Waals surface area contributed by atoms with Crippen LogP contribution in [0.1, 0.15) is 11.3 Å². The third-order valence-electron chi connectivity index (χ3n) is 5.53. The van der Waals surface area contributed by atoms with Crippen LogP contribution < -0.4 is 10.0 Å². The van der Waals surface area contributed by atoms with Crippen LogP contribution in [0.2, 0.25) is 0 Å². The molecule has 34 heavy (non-hydrogen) atoms. The van der Waals surface area contributed by atoms with E-state index < -0.39 is 21.8 Å². The largest absolute Gasteiger partial charge is 0.416 e. The Kier molecular flexibility index (Phi) is 7.66. The molecule has 0 atom stereocenters. The molecule has 0 radical (unpaired) electrons. The fraction of sp³-hybridized carbons (Fsp3) is 0.348. The molecule has 0 spiro atoms. The molecule has 0 unspecified atom stereocenters. The number of benzene rings is 2. The van der Waals surface area contributed by atoms with Crippen LogP contribution >= 0.6 is 11.8 Å². The Morgan fingerprint density at radius 2 is 1.74 bits per heavy atom.